The highest BCUT2D eigenvalue weighted by Gasteiger charge is 2.20. The molecule has 19 heavy (non-hydrogen) atoms. The van der Waals surface area contributed by atoms with Crippen molar-refractivity contribution in [1.29, 1.82) is 0 Å². The highest BCUT2D eigenvalue weighted by molar-refractivity contribution is 14.1. The van der Waals surface area contributed by atoms with E-state index in [1.807, 2.05) is 6.07 Å². The van der Waals surface area contributed by atoms with Crippen molar-refractivity contribution in [3.05, 3.63) is 32.5 Å². The largest absolute Gasteiger partial charge is 0.323 e. The summed E-state index contributed by atoms with van der Waals surface area (Å²) in [6, 6.07) is 6.07. The molecule has 0 bridgehead atoms. The zero-order valence-electron chi connectivity index (χ0n) is 10.4. The van der Waals surface area contributed by atoms with Gasteiger partial charge in [-0.25, -0.2) is 0 Å². The maximum absolute atomic E-state index is 6.33. The fraction of sp³-hybridized carbons (Fsp3) is 0.357. The molecule has 3 nitrogen and oxygen atoms in total. The minimum atomic E-state index is 0.548. The summed E-state index contributed by atoms with van der Waals surface area (Å²) < 4.78 is 1.09. The molecule has 3 rings (SSSR count). The summed E-state index contributed by atoms with van der Waals surface area (Å²) in [6.45, 7) is 0. The van der Waals surface area contributed by atoms with Crippen LogP contribution in [0.4, 0.5) is 5.69 Å². The number of benzene rings is 1. The molecular formula is C14H15ClIN3. The average molecular weight is 388 g/mol. The number of pyridine rings is 1. The Hall–Kier alpha value is -0.590. The number of hydrogen-bond donors (Lipinski definition) is 2. The summed E-state index contributed by atoms with van der Waals surface area (Å²) in [6.07, 6.45) is 5.00. The van der Waals surface area contributed by atoms with E-state index in [2.05, 4.69) is 40.1 Å². The summed E-state index contributed by atoms with van der Waals surface area (Å²) in [7, 11) is 0. The van der Waals surface area contributed by atoms with Gasteiger partial charge in [-0.2, -0.15) is 0 Å². The van der Waals surface area contributed by atoms with Crippen LogP contribution in [-0.4, -0.2) is 4.98 Å². The zero-order chi connectivity index (χ0) is 13.4. The molecule has 1 aromatic heterocycles. The lowest BCUT2D eigenvalue weighted by Crippen LogP contribution is -2.09. The minimum absolute atomic E-state index is 0.548. The summed E-state index contributed by atoms with van der Waals surface area (Å²) in [5, 5.41) is 1.68. The predicted octanol–water partition coefficient (Wildman–Crippen LogP) is 4.44. The van der Waals surface area contributed by atoms with E-state index >= 15 is 0 Å². The number of halogens is 2. The van der Waals surface area contributed by atoms with Crippen molar-refractivity contribution < 1.29 is 0 Å². The molecule has 2 aromatic rings. The molecule has 1 heterocycles. The van der Waals surface area contributed by atoms with Crippen molar-refractivity contribution in [3.8, 4) is 0 Å². The number of nitrogens with one attached hydrogen (secondary N) is 1. The standard InChI is InChI=1S/C14H15ClIN3/c15-11-6-9(16)5-10-13(19-17)7-12(18-14(10)11)8-3-1-2-4-8/h5-8H,1-4,17H2,(H,18,19). The average Bonchev–Trinajstić information content (AvgIpc) is 2.91. The van der Waals surface area contributed by atoms with Crippen LogP contribution in [0.3, 0.4) is 0 Å². The van der Waals surface area contributed by atoms with Crippen molar-refractivity contribution in [2.45, 2.75) is 31.6 Å². The van der Waals surface area contributed by atoms with E-state index in [1.54, 1.807) is 0 Å². The first-order valence-corrected chi connectivity index (χ1v) is 7.91. The number of aromatic nitrogens is 1. The van der Waals surface area contributed by atoms with Gasteiger partial charge in [-0.1, -0.05) is 24.4 Å². The Morgan fingerprint density at radius 1 is 1.26 bits per heavy atom. The second-order valence-electron chi connectivity index (χ2n) is 5.00. The van der Waals surface area contributed by atoms with Gasteiger partial charge in [-0.15, -0.1) is 0 Å². The maximum Gasteiger partial charge on any atom is 0.0913 e. The van der Waals surface area contributed by atoms with E-state index in [1.165, 1.54) is 25.7 Å². The molecule has 0 saturated heterocycles. The summed E-state index contributed by atoms with van der Waals surface area (Å²) >= 11 is 8.59. The maximum atomic E-state index is 6.33. The van der Waals surface area contributed by atoms with Crippen molar-refractivity contribution in [3.63, 3.8) is 0 Å². The Kier molecular flexibility index (Phi) is 3.82. The summed E-state index contributed by atoms with van der Waals surface area (Å²) in [5.74, 6) is 6.21. The molecule has 0 atom stereocenters. The molecule has 0 unspecified atom stereocenters. The third kappa shape index (κ3) is 2.53. The molecule has 0 radical (unpaired) electrons. The normalized spacial score (nSPS) is 16.2. The van der Waals surface area contributed by atoms with Gasteiger partial charge in [0.15, 0.2) is 0 Å². The molecule has 100 valence electrons. The first-order chi connectivity index (χ1) is 9.19. The Morgan fingerprint density at radius 2 is 2.00 bits per heavy atom. The van der Waals surface area contributed by atoms with Crippen LogP contribution in [0.1, 0.15) is 37.3 Å². The van der Waals surface area contributed by atoms with E-state index < -0.39 is 0 Å². The monoisotopic (exact) mass is 387 g/mol. The molecular weight excluding hydrogens is 373 g/mol. The van der Waals surface area contributed by atoms with Gasteiger partial charge in [0.1, 0.15) is 0 Å². The molecule has 3 N–H and O–H groups in total. The fourth-order valence-electron chi connectivity index (χ4n) is 2.82. The van der Waals surface area contributed by atoms with Crippen molar-refractivity contribution in [2.75, 3.05) is 5.43 Å². The van der Waals surface area contributed by atoms with E-state index in [0.29, 0.717) is 10.9 Å². The van der Waals surface area contributed by atoms with Crippen molar-refractivity contribution in [1.82, 2.24) is 4.98 Å². The molecule has 0 amide bonds. The van der Waals surface area contributed by atoms with Crippen LogP contribution in [0.2, 0.25) is 5.02 Å². The first-order valence-electron chi connectivity index (χ1n) is 6.45. The van der Waals surface area contributed by atoms with Crippen LogP contribution < -0.4 is 11.3 Å². The number of nitrogen functional groups attached to an aromatic ring is 1. The van der Waals surface area contributed by atoms with Crippen molar-refractivity contribution in [2.24, 2.45) is 5.84 Å². The lowest BCUT2D eigenvalue weighted by Gasteiger charge is -2.14. The number of fused-ring (bicyclic) bond motifs is 1. The Labute approximate surface area is 131 Å². The molecule has 1 aliphatic rings. The molecule has 5 heteroatoms. The van der Waals surface area contributed by atoms with E-state index in [9.17, 15) is 0 Å². The Bertz CT molecular complexity index is 624. The van der Waals surface area contributed by atoms with E-state index in [0.717, 1.165) is 25.9 Å². The predicted molar refractivity (Wildman–Crippen MR) is 88.5 cm³/mol. The third-order valence-electron chi connectivity index (χ3n) is 3.78. The van der Waals surface area contributed by atoms with Crippen LogP contribution >= 0.6 is 34.2 Å². The molecule has 1 aliphatic carbocycles. The SMILES string of the molecule is NNc1cc(C2CCCC2)nc2c(Cl)cc(I)cc12. The van der Waals surface area contributed by atoms with Crippen LogP contribution in [0.25, 0.3) is 10.9 Å². The topological polar surface area (TPSA) is 50.9 Å². The van der Waals surface area contributed by atoms with E-state index in [4.69, 9.17) is 22.4 Å². The molecule has 1 saturated carbocycles. The number of anilines is 1. The van der Waals surface area contributed by atoms with Gasteiger partial charge in [-0.3, -0.25) is 10.8 Å². The molecule has 1 aromatic carbocycles. The van der Waals surface area contributed by atoms with Crippen LogP contribution in [0, 0.1) is 3.57 Å². The fourth-order valence-corrected chi connectivity index (χ4v) is 3.89. The summed E-state index contributed by atoms with van der Waals surface area (Å²) in [5.41, 5.74) is 5.65. The third-order valence-corrected chi connectivity index (χ3v) is 4.69. The van der Waals surface area contributed by atoms with Gasteiger partial charge in [0.2, 0.25) is 0 Å². The number of hydrogen-bond acceptors (Lipinski definition) is 3. The first kappa shape index (κ1) is 13.4. The number of nitrogens with zero attached hydrogens (tertiary/aromatic N) is 1. The molecule has 0 spiro atoms. The smallest absolute Gasteiger partial charge is 0.0913 e. The summed E-state index contributed by atoms with van der Waals surface area (Å²) in [4.78, 5) is 4.78. The second kappa shape index (κ2) is 5.42. The molecule has 0 aliphatic heterocycles. The highest BCUT2D eigenvalue weighted by atomic mass is 127. The van der Waals surface area contributed by atoms with Gasteiger partial charge in [0.05, 0.1) is 16.2 Å². The lowest BCUT2D eigenvalue weighted by molar-refractivity contribution is 0.701. The van der Waals surface area contributed by atoms with Gasteiger partial charge in [0, 0.05) is 20.6 Å². The highest BCUT2D eigenvalue weighted by Crippen LogP contribution is 2.37. The van der Waals surface area contributed by atoms with Gasteiger partial charge in [0.25, 0.3) is 0 Å². The lowest BCUT2D eigenvalue weighted by atomic mass is 10.0. The van der Waals surface area contributed by atoms with Crippen LogP contribution in [0.5, 0.6) is 0 Å². The number of hydrazine groups is 1. The van der Waals surface area contributed by atoms with Crippen LogP contribution in [-0.2, 0) is 0 Å². The quantitative estimate of drug-likeness (QED) is 0.455. The number of rotatable bonds is 2. The van der Waals surface area contributed by atoms with Crippen molar-refractivity contribution >= 4 is 50.8 Å². The zero-order valence-corrected chi connectivity index (χ0v) is 13.3. The van der Waals surface area contributed by atoms with E-state index in [-0.39, 0.29) is 0 Å². The van der Waals surface area contributed by atoms with Gasteiger partial charge >= 0.3 is 0 Å². The van der Waals surface area contributed by atoms with Gasteiger partial charge in [-0.05, 0) is 53.6 Å². The van der Waals surface area contributed by atoms with Crippen LogP contribution in [0.15, 0.2) is 18.2 Å². The minimum Gasteiger partial charge on any atom is -0.323 e. The second-order valence-corrected chi connectivity index (χ2v) is 6.66. The number of nitrogens with two attached hydrogens (primary N) is 1. The Balaban J connectivity index is 2.21. The molecule has 1 fully saturated rings. The van der Waals surface area contributed by atoms with Gasteiger partial charge < -0.3 is 5.43 Å². The Morgan fingerprint density at radius 3 is 2.68 bits per heavy atom.